The molecular formula is C20H24ClNO4. The lowest BCUT2D eigenvalue weighted by molar-refractivity contribution is -0.156. The Kier molecular flexibility index (Phi) is 5.97. The number of fused-ring (bicyclic) bond motifs is 2. The van der Waals surface area contributed by atoms with Crippen molar-refractivity contribution in [3.8, 4) is 0 Å². The van der Waals surface area contributed by atoms with Gasteiger partial charge in [0.15, 0.2) is 6.61 Å². The van der Waals surface area contributed by atoms with E-state index in [2.05, 4.69) is 5.32 Å². The minimum atomic E-state index is -0.361. The largest absolute Gasteiger partial charge is 0.455 e. The van der Waals surface area contributed by atoms with Crippen molar-refractivity contribution in [2.45, 2.75) is 45.1 Å². The Morgan fingerprint density at radius 2 is 1.96 bits per heavy atom. The molecule has 3 rings (SSSR count). The van der Waals surface area contributed by atoms with Crippen molar-refractivity contribution >= 4 is 29.3 Å². The molecule has 0 spiro atoms. The van der Waals surface area contributed by atoms with E-state index < -0.39 is 0 Å². The molecule has 1 N–H and O–H groups in total. The van der Waals surface area contributed by atoms with E-state index in [9.17, 15) is 14.4 Å². The molecule has 2 saturated carbocycles. The van der Waals surface area contributed by atoms with Crippen LogP contribution < -0.4 is 5.32 Å². The van der Waals surface area contributed by atoms with Crippen molar-refractivity contribution in [1.29, 1.82) is 0 Å². The lowest BCUT2D eigenvalue weighted by atomic mass is 9.67. The van der Waals surface area contributed by atoms with Gasteiger partial charge in [-0.1, -0.05) is 30.2 Å². The van der Waals surface area contributed by atoms with Gasteiger partial charge in [-0.2, -0.15) is 0 Å². The summed E-state index contributed by atoms with van der Waals surface area (Å²) < 4.78 is 5.22. The SMILES string of the molecule is CC(NC(=O)COC(=O)C1CC2CCCC(C1)C2=O)c1cccc(Cl)c1. The van der Waals surface area contributed by atoms with E-state index in [1.54, 1.807) is 12.1 Å². The predicted octanol–water partition coefficient (Wildman–Crippen LogP) is 3.46. The number of ketones is 1. The molecule has 2 fully saturated rings. The molecule has 0 aromatic heterocycles. The fourth-order valence-corrected chi connectivity index (χ4v) is 4.27. The number of amides is 1. The molecule has 3 atom stereocenters. The van der Waals surface area contributed by atoms with Crippen LogP contribution in [0.2, 0.25) is 5.02 Å². The Balaban J connectivity index is 1.47. The van der Waals surface area contributed by atoms with Crippen LogP contribution in [0.4, 0.5) is 0 Å². The Labute approximate surface area is 158 Å². The molecule has 6 heteroatoms. The van der Waals surface area contributed by atoms with Crippen molar-refractivity contribution in [2.24, 2.45) is 17.8 Å². The van der Waals surface area contributed by atoms with Gasteiger partial charge in [-0.05, 0) is 50.3 Å². The number of benzene rings is 1. The summed E-state index contributed by atoms with van der Waals surface area (Å²) in [5.74, 6) is -0.666. The summed E-state index contributed by atoms with van der Waals surface area (Å²) >= 11 is 5.96. The molecule has 3 unspecified atom stereocenters. The van der Waals surface area contributed by atoms with Gasteiger partial charge in [-0.25, -0.2) is 0 Å². The van der Waals surface area contributed by atoms with E-state index in [0.717, 1.165) is 24.8 Å². The van der Waals surface area contributed by atoms with E-state index >= 15 is 0 Å². The van der Waals surface area contributed by atoms with Crippen LogP contribution in [0.15, 0.2) is 24.3 Å². The third kappa shape index (κ3) is 4.44. The van der Waals surface area contributed by atoms with Crippen LogP contribution in [-0.4, -0.2) is 24.3 Å². The van der Waals surface area contributed by atoms with E-state index in [0.29, 0.717) is 23.6 Å². The highest BCUT2D eigenvalue weighted by atomic mass is 35.5. The van der Waals surface area contributed by atoms with E-state index in [1.165, 1.54) is 0 Å². The Bertz CT molecular complexity index is 689. The van der Waals surface area contributed by atoms with Gasteiger partial charge in [0.05, 0.1) is 12.0 Å². The van der Waals surface area contributed by atoms with Gasteiger partial charge in [0.2, 0.25) is 0 Å². The number of ether oxygens (including phenoxy) is 1. The molecule has 1 aromatic carbocycles. The monoisotopic (exact) mass is 377 g/mol. The summed E-state index contributed by atoms with van der Waals surface area (Å²) in [5.41, 5.74) is 0.885. The molecule has 0 radical (unpaired) electrons. The van der Waals surface area contributed by atoms with Crippen LogP contribution in [-0.2, 0) is 19.1 Å². The molecule has 1 aromatic rings. The first-order valence-corrected chi connectivity index (χ1v) is 9.57. The second kappa shape index (κ2) is 8.21. The summed E-state index contributed by atoms with van der Waals surface area (Å²) in [5, 5.41) is 3.40. The first-order chi connectivity index (χ1) is 12.4. The summed E-state index contributed by atoms with van der Waals surface area (Å²) in [6.45, 7) is 1.54. The maximum absolute atomic E-state index is 12.3. The molecule has 2 aliphatic rings. The molecule has 0 saturated heterocycles. The van der Waals surface area contributed by atoms with Gasteiger partial charge in [0, 0.05) is 16.9 Å². The predicted molar refractivity (Wildman–Crippen MR) is 97.5 cm³/mol. The van der Waals surface area contributed by atoms with Crippen molar-refractivity contribution in [2.75, 3.05) is 6.61 Å². The maximum atomic E-state index is 12.3. The van der Waals surface area contributed by atoms with Gasteiger partial charge >= 0.3 is 5.97 Å². The number of hydrogen-bond donors (Lipinski definition) is 1. The molecular weight excluding hydrogens is 354 g/mol. The van der Waals surface area contributed by atoms with E-state index in [4.69, 9.17) is 16.3 Å². The number of esters is 1. The van der Waals surface area contributed by atoms with Crippen LogP contribution in [0.5, 0.6) is 0 Å². The molecule has 1 amide bonds. The zero-order valence-corrected chi connectivity index (χ0v) is 15.6. The minimum Gasteiger partial charge on any atom is -0.455 e. The lowest BCUT2D eigenvalue weighted by Crippen LogP contribution is -2.40. The van der Waals surface area contributed by atoms with Crippen molar-refractivity contribution in [3.63, 3.8) is 0 Å². The second-order valence-electron chi connectivity index (χ2n) is 7.35. The third-order valence-electron chi connectivity index (χ3n) is 5.45. The summed E-state index contributed by atoms with van der Waals surface area (Å²) in [6, 6.07) is 7.02. The van der Waals surface area contributed by atoms with Gasteiger partial charge in [-0.15, -0.1) is 0 Å². The first kappa shape index (κ1) is 18.9. The van der Waals surface area contributed by atoms with Crippen molar-refractivity contribution < 1.29 is 19.1 Å². The van der Waals surface area contributed by atoms with E-state index in [-0.39, 0.29) is 42.3 Å². The first-order valence-electron chi connectivity index (χ1n) is 9.19. The number of rotatable bonds is 5. The Morgan fingerprint density at radius 3 is 2.62 bits per heavy atom. The smallest absolute Gasteiger partial charge is 0.309 e. The number of hydrogen-bond acceptors (Lipinski definition) is 4. The zero-order valence-electron chi connectivity index (χ0n) is 14.9. The maximum Gasteiger partial charge on any atom is 0.309 e. The molecule has 0 aliphatic heterocycles. The van der Waals surface area contributed by atoms with Crippen molar-refractivity contribution in [3.05, 3.63) is 34.9 Å². The Hall–Kier alpha value is -1.88. The number of carbonyl (C=O) groups excluding carboxylic acids is 3. The van der Waals surface area contributed by atoms with Crippen LogP contribution in [0, 0.1) is 17.8 Å². The summed E-state index contributed by atoms with van der Waals surface area (Å²) in [7, 11) is 0. The van der Waals surface area contributed by atoms with Crippen LogP contribution in [0.1, 0.15) is 50.6 Å². The van der Waals surface area contributed by atoms with Gasteiger partial charge in [-0.3, -0.25) is 14.4 Å². The number of Topliss-reactive ketones (excluding diaryl/α,β-unsaturated/α-hetero) is 1. The number of halogens is 1. The van der Waals surface area contributed by atoms with Crippen LogP contribution in [0.25, 0.3) is 0 Å². The molecule has 0 heterocycles. The Morgan fingerprint density at radius 1 is 1.27 bits per heavy atom. The highest BCUT2D eigenvalue weighted by Gasteiger charge is 2.41. The average Bonchev–Trinajstić information content (AvgIpc) is 2.59. The highest BCUT2D eigenvalue weighted by Crippen LogP contribution is 2.40. The quantitative estimate of drug-likeness (QED) is 0.797. The lowest BCUT2D eigenvalue weighted by Gasteiger charge is -2.36. The van der Waals surface area contributed by atoms with Crippen LogP contribution in [0.3, 0.4) is 0 Å². The summed E-state index contributed by atoms with van der Waals surface area (Å²) in [6.07, 6.45) is 3.93. The fraction of sp³-hybridized carbons (Fsp3) is 0.550. The molecule has 5 nitrogen and oxygen atoms in total. The van der Waals surface area contributed by atoms with Crippen LogP contribution >= 0.6 is 11.6 Å². The minimum absolute atomic E-state index is 0.00303. The third-order valence-corrected chi connectivity index (χ3v) is 5.69. The zero-order chi connectivity index (χ0) is 18.7. The molecule has 2 bridgehead atoms. The second-order valence-corrected chi connectivity index (χ2v) is 7.78. The topological polar surface area (TPSA) is 72.5 Å². The normalized spacial score (nSPS) is 26.1. The van der Waals surface area contributed by atoms with E-state index in [1.807, 2.05) is 19.1 Å². The van der Waals surface area contributed by atoms with Crippen molar-refractivity contribution in [1.82, 2.24) is 5.32 Å². The fourth-order valence-electron chi connectivity index (χ4n) is 4.07. The number of carbonyl (C=O) groups is 3. The molecule has 26 heavy (non-hydrogen) atoms. The average molecular weight is 378 g/mol. The highest BCUT2D eigenvalue weighted by molar-refractivity contribution is 6.30. The van der Waals surface area contributed by atoms with Gasteiger partial charge < -0.3 is 10.1 Å². The number of nitrogens with one attached hydrogen (secondary N) is 1. The molecule has 2 aliphatic carbocycles. The molecule has 140 valence electrons. The van der Waals surface area contributed by atoms with Gasteiger partial charge in [0.1, 0.15) is 5.78 Å². The standard InChI is InChI=1S/C20H24ClNO4/c1-12(13-4-3-7-17(21)10-13)22-18(23)11-26-20(25)16-8-14-5-2-6-15(9-16)19(14)24/h3-4,7,10,12,14-16H,2,5-6,8-9,11H2,1H3,(H,22,23). The van der Waals surface area contributed by atoms with Gasteiger partial charge in [0.25, 0.3) is 5.91 Å². The summed E-state index contributed by atoms with van der Waals surface area (Å²) in [4.78, 5) is 36.5.